The van der Waals surface area contributed by atoms with Crippen LogP contribution in [0.15, 0.2) is 11.8 Å². The standard InChI is InChI=1S/C11H21NSi/c1-11(2,3)13(4,5)10-8-6-7-9-12/h8,10H,6-7H2,1-5H3/b10-8-. The normalized spacial score (nSPS) is 13.2. The summed E-state index contributed by atoms with van der Waals surface area (Å²) >= 11 is 0. The molecule has 0 amide bonds. The van der Waals surface area contributed by atoms with Gasteiger partial charge in [0.1, 0.15) is 0 Å². The average Bonchev–Trinajstić information content (AvgIpc) is 1.96. The predicted octanol–water partition coefficient (Wildman–Crippen LogP) is 3.89. The molecule has 0 aliphatic carbocycles. The molecule has 2 heteroatoms. The minimum atomic E-state index is -1.24. The van der Waals surface area contributed by atoms with E-state index < -0.39 is 8.07 Å². The Hall–Kier alpha value is -0.553. The Morgan fingerprint density at radius 2 is 1.85 bits per heavy atom. The van der Waals surface area contributed by atoms with Gasteiger partial charge in [-0.3, -0.25) is 0 Å². The van der Waals surface area contributed by atoms with Gasteiger partial charge in [-0.2, -0.15) is 5.26 Å². The van der Waals surface area contributed by atoms with Gasteiger partial charge in [0.15, 0.2) is 0 Å². The molecule has 0 saturated heterocycles. The first kappa shape index (κ1) is 12.4. The Morgan fingerprint density at radius 1 is 1.31 bits per heavy atom. The molecule has 0 spiro atoms. The van der Waals surface area contributed by atoms with E-state index in [-0.39, 0.29) is 0 Å². The zero-order valence-electron chi connectivity index (χ0n) is 9.52. The number of hydrogen-bond acceptors (Lipinski definition) is 1. The minimum Gasteiger partial charge on any atom is -0.198 e. The second-order valence-electron chi connectivity index (χ2n) is 5.07. The van der Waals surface area contributed by atoms with Gasteiger partial charge in [0.2, 0.25) is 0 Å². The third-order valence-electron chi connectivity index (χ3n) is 2.89. The lowest BCUT2D eigenvalue weighted by Gasteiger charge is -2.34. The van der Waals surface area contributed by atoms with Gasteiger partial charge in [0, 0.05) is 6.42 Å². The maximum atomic E-state index is 8.38. The van der Waals surface area contributed by atoms with Gasteiger partial charge in [0.25, 0.3) is 0 Å². The van der Waals surface area contributed by atoms with Crippen LogP contribution in [0.4, 0.5) is 0 Å². The highest BCUT2D eigenvalue weighted by molar-refractivity contribution is 6.84. The minimum absolute atomic E-state index is 0.413. The van der Waals surface area contributed by atoms with Crippen LogP contribution in [-0.2, 0) is 0 Å². The maximum absolute atomic E-state index is 8.38. The van der Waals surface area contributed by atoms with E-state index >= 15 is 0 Å². The van der Waals surface area contributed by atoms with Gasteiger partial charge in [-0.1, -0.05) is 45.6 Å². The van der Waals surface area contributed by atoms with Crippen molar-refractivity contribution in [2.24, 2.45) is 0 Å². The molecule has 0 atom stereocenters. The number of hydrogen-bond donors (Lipinski definition) is 0. The molecule has 0 aromatic heterocycles. The van der Waals surface area contributed by atoms with Gasteiger partial charge in [-0.05, 0) is 11.5 Å². The van der Waals surface area contributed by atoms with E-state index in [2.05, 4.69) is 51.7 Å². The summed E-state index contributed by atoms with van der Waals surface area (Å²) in [5.41, 5.74) is 2.37. The molecule has 1 nitrogen and oxygen atoms in total. The SMILES string of the molecule is CC(C)(C)[Si](C)(C)/C=C\CCC#N. The van der Waals surface area contributed by atoms with E-state index in [0.717, 1.165) is 6.42 Å². The summed E-state index contributed by atoms with van der Waals surface area (Å²) < 4.78 is 0. The Balaban J connectivity index is 4.19. The fraction of sp³-hybridized carbons (Fsp3) is 0.727. The van der Waals surface area contributed by atoms with Crippen LogP contribution >= 0.6 is 0 Å². The first-order valence-electron chi connectivity index (χ1n) is 4.86. The van der Waals surface area contributed by atoms with Crippen molar-refractivity contribution in [1.82, 2.24) is 0 Å². The van der Waals surface area contributed by atoms with E-state index in [0.29, 0.717) is 11.5 Å². The van der Waals surface area contributed by atoms with Crippen molar-refractivity contribution >= 4 is 8.07 Å². The summed E-state index contributed by atoms with van der Waals surface area (Å²) in [4.78, 5) is 0. The van der Waals surface area contributed by atoms with E-state index in [4.69, 9.17) is 5.26 Å². The molecule has 0 N–H and O–H groups in total. The van der Waals surface area contributed by atoms with E-state index in [1.165, 1.54) is 0 Å². The van der Waals surface area contributed by atoms with Gasteiger partial charge >= 0.3 is 0 Å². The molecule has 0 rings (SSSR count). The van der Waals surface area contributed by atoms with Crippen LogP contribution < -0.4 is 0 Å². The number of nitriles is 1. The van der Waals surface area contributed by atoms with Gasteiger partial charge in [0.05, 0.1) is 14.1 Å². The smallest absolute Gasteiger partial charge is 0.0766 e. The second-order valence-corrected chi connectivity index (χ2v) is 10.3. The molecule has 0 fully saturated rings. The maximum Gasteiger partial charge on any atom is 0.0766 e. The molecule has 0 heterocycles. The van der Waals surface area contributed by atoms with Gasteiger partial charge in [-0.15, -0.1) is 0 Å². The van der Waals surface area contributed by atoms with E-state index in [9.17, 15) is 0 Å². The number of rotatable bonds is 3. The number of allylic oxidation sites excluding steroid dienone is 1. The Kier molecular flexibility index (Phi) is 4.42. The topological polar surface area (TPSA) is 23.8 Å². The summed E-state index contributed by atoms with van der Waals surface area (Å²) in [5.74, 6) is 0. The van der Waals surface area contributed by atoms with Gasteiger partial charge in [-0.25, -0.2) is 0 Å². The van der Waals surface area contributed by atoms with E-state index in [1.54, 1.807) is 0 Å². The van der Waals surface area contributed by atoms with E-state index in [1.807, 2.05) is 0 Å². The van der Waals surface area contributed by atoms with Crippen molar-refractivity contribution in [3.63, 3.8) is 0 Å². The van der Waals surface area contributed by atoms with Crippen LogP contribution in [0.25, 0.3) is 0 Å². The van der Waals surface area contributed by atoms with Crippen LogP contribution in [0.3, 0.4) is 0 Å². The highest BCUT2D eigenvalue weighted by Gasteiger charge is 2.31. The van der Waals surface area contributed by atoms with Crippen molar-refractivity contribution in [2.75, 3.05) is 0 Å². The molecule has 0 aromatic carbocycles. The average molecular weight is 195 g/mol. The van der Waals surface area contributed by atoms with Crippen LogP contribution in [0.1, 0.15) is 33.6 Å². The third kappa shape index (κ3) is 4.28. The molecule has 0 aliphatic rings. The zero-order valence-corrected chi connectivity index (χ0v) is 10.5. The largest absolute Gasteiger partial charge is 0.198 e. The Bertz CT molecular complexity index is 215. The summed E-state index contributed by atoms with van der Waals surface area (Å²) in [6.45, 7) is 11.6. The third-order valence-corrected chi connectivity index (χ3v) is 7.83. The van der Waals surface area contributed by atoms with Crippen molar-refractivity contribution in [2.45, 2.75) is 51.7 Å². The lowest BCUT2D eigenvalue weighted by atomic mass is 10.2. The van der Waals surface area contributed by atoms with Crippen molar-refractivity contribution in [3.8, 4) is 6.07 Å². The molecule has 0 radical (unpaired) electrons. The predicted molar refractivity (Wildman–Crippen MR) is 61.2 cm³/mol. The summed E-state index contributed by atoms with van der Waals surface area (Å²) in [6, 6.07) is 2.16. The highest BCUT2D eigenvalue weighted by Crippen LogP contribution is 2.36. The molecule has 0 saturated carbocycles. The van der Waals surface area contributed by atoms with Crippen LogP contribution in [-0.4, -0.2) is 8.07 Å². The summed E-state index contributed by atoms with van der Waals surface area (Å²) in [6.07, 6.45) is 3.73. The second kappa shape index (κ2) is 4.62. The zero-order chi connectivity index (χ0) is 10.5. The summed E-state index contributed by atoms with van der Waals surface area (Å²) in [7, 11) is -1.24. The highest BCUT2D eigenvalue weighted by atomic mass is 28.3. The molecule has 0 aliphatic heterocycles. The molecule has 13 heavy (non-hydrogen) atoms. The van der Waals surface area contributed by atoms with Crippen LogP contribution in [0, 0.1) is 11.3 Å². The monoisotopic (exact) mass is 195 g/mol. The lowest BCUT2D eigenvalue weighted by Crippen LogP contribution is -2.34. The quantitative estimate of drug-likeness (QED) is 0.495. The Labute approximate surface area is 83.5 Å². The van der Waals surface area contributed by atoms with Gasteiger partial charge < -0.3 is 0 Å². The van der Waals surface area contributed by atoms with Crippen molar-refractivity contribution in [3.05, 3.63) is 11.8 Å². The first-order chi connectivity index (χ1) is 5.81. The molecule has 0 aromatic rings. The number of nitrogens with zero attached hydrogens (tertiary/aromatic N) is 1. The lowest BCUT2D eigenvalue weighted by molar-refractivity contribution is 0.728. The molecular weight excluding hydrogens is 174 g/mol. The van der Waals surface area contributed by atoms with Crippen LogP contribution in [0.2, 0.25) is 18.1 Å². The van der Waals surface area contributed by atoms with Crippen LogP contribution in [0.5, 0.6) is 0 Å². The first-order valence-corrected chi connectivity index (χ1v) is 7.93. The fourth-order valence-corrected chi connectivity index (χ4v) is 2.03. The Morgan fingerprint density at radius 3 is 2.23 bits per heavy atom. The van der Waals surface area contributed by atoms with Crippen molar-refractivity contribution in [1.29, 1.82) is 5.26 Å². The fourth-order valence-electron chi connectivity index (χ4n) is 0.776. The molecular formula is C11H21NSi. The molecule has 74 valence electrons. The number of unbranched alkanes of at least 4 members (excludes halogenated alkanes) is 1. The summed E-state index contributed by atoms with van der Waals surface area (Å²) in [5, 5.41) is 8.80. The van der Waals surface area contributed by atoms with Crippen molar-refractivity contribution < 1.29 is 0 Å². The molecule has 0 unspecified atom stereocenters. The molecule has 0 bridgehead atoms.